The molecule has 33 heavy (non-hydrogen) atoms. The van der Waals surface area contributed by atoms with E-state index in [0.717, 1.165) is 54.5 Å². The Labute approximate surface area is 201 Å². The van der Waals surface area contributed by atoms with Crippen molar-refractivity contribution in [2.45, 2.75) is 57.5 Å². The molecule has 1 aliphatic heterocycles. The minimum atomic E-state index is 0.141. The number of nitrogens with zero attached hydrogens (tertiary/aromatic N) is 3. The lowest BCUT2D eigenvalue weighted by molar-refractivity contribution is -0.128. The zero-order chi connectivity index (χ0) is 23.0. The lowest BCUT2D eigenvalue weighted by Crippen LogP contribution is -2.34. The van der Waals surface area contributed by atoms with Gasteiger partial charge in [0, 0.05) is 25.4 Å². The molecule has 4 rings (SSSR count). The first kappa shape index (κ1) is 23.6. The number of amides is 1. The van der Waals surface area contributed by atoms with Gasteiger partial charge in [-0.2, -0.15) is 0 Å². The molecule has 1 unspecified atom stereocenters. The van der Waals surface area contributed by atoms with Crippen molar-refractivity contribution in [3.8, 4) is 0 Å². The summed E-state index contributed by atoms with van der Waals surface area (Å²) in [6.07, 6.45) is 3.29. The molecule has 0 spiro atoms. The van der Waals surface area contributed by atoms with Crippen molar-refractivity contribution in [3.63, 3.8) is 0 Å². The Balaban J connectivity index is 1.43. The maximum absolute atomic E-state index is 13.3. The molecule has 2 heterocycles. The summed E-state index contributed by atoms with van der Waals surface area (Å²) in [5.41, 5.74) is 4.57. The van der Waals surface area contributed by atoms with Crippen LogP contribution in [0.4, 0.5) is 0 Å². The normalized spacial score (nSPS) is 15.6. The predicted molar refractivity (Wildman–Crippen MR) is 133 cm³/mol. The van der Waals surface area contributed by atoms with Gasteiger partial charge in [0.1, 0.15) is 0 Å². The van der Waals surface area contributed by atoms with Crippen molar-refractivity contribution in [1.29, 1.82) is 0 Å². The maximum atomic E-state index is 13.3. The van der Waals surface area contributed by atoms with E-state index in [2.05, 4.69) is 35.8 Å². The van der Waals surface area contributed by atoms with Crippen molar-refractivity contribution >= 4 is 17.7 Å². The zero-order valence-corrected chi connectivity index (χ0v) is 20.4. The van der Waals surface area contributed by atoms with Crippen molar-refractivity contribution in [2.75, 3.05) is 18.9 Å². The highest BCUT2D eigenvalue weighted by atomic mass is 32.2. The van der Waals surface area contributed by atoms with Crippen LogP contribution in [0.5, 0.6) is 0 Å². The van der Waals surface area contributed by atoms with Crippen LogP contribution in [-0.2, 0) is 29.0 Å². The third-order valence-electron chi connectivity index (χ3n) is 6.24. The van der Waals surface area contributed by atoms with Crippen LogP contribution in [0.15, 0.2) is 65.8 Å². The molecular formula is C27H33N3O2S. The number of aryl methyl sites for hydroxylation is 1. The van der Waals surface area contributed by atoms with Gasteiger partial charge in [0.05, 0.1) is 24.1 Å². The summed E-state index contributed by atoms with van der Waals surface area (Å²) >= 11 is 1.54. The van der Waals surface area contributed by atoms with E-state index in [1.165, 1.54) is 17.3 Å². The zero-order valence-electron chi connectivity index (χ0n) is 19.6. The Morgan fingerprint density at radius 3 is 2.45 bits per heavy atom. The molecule has 0 N–H and O–H groups in total. The minimum absolute atomic E-state index is 0.141. The largest absolute Gasteiger partial charge is 0.376 e. The Bertz CT molecular complexity index is 1030. The third kappa shape index (κ3) is 6.49. The van der Waals surface area contributed by atoms with Crippen LogP contribution >= 0.6 is 11.8 Å². The molecule has 1 aliphatic rings. The molecule has 0 radical (unpaired) electrons. The van der Waals surface area contributed by atoms with Crippen molar-refractivity contribution in [3.05, 3.63) is 83.2 Å². The molecule has 0 aliphatic carbocycles. The first-order chi connectivity index (χ1) is 16.1. The summed E-state index contributed by atoms with van der Waals surface area (Å²) in [6, 6.07) is 20.6. The molecule has 3 aromatic rings. The molecule has 1 aromatic heterocycles. The summed E-state index contributed by atoms with van der Waals surface area (Å²) in [6.45, 7) is 7.11. The number of aromatic nitrogens is 2. The summed E-state index contributed by atoms with van der Waals surface area (Å²) in [7, 11) is 0. The van der Waals surface area contributed by atoms with Crippen LogP contribution in [0, 0.1) is 13.8 Å². The number of hydrogen-bond donors (Lipinski definition) is 0. The Morgan fingerprint density at radius 1 is 1.09 bits per heavy atom. The standard InChI is InChI=1S/C27H33N3O2S/c1-21-22(2)30(19-25-14-9-17-32-25)27(28-21)33-20-26(31)29(18-24-12-7-4-8-13-24)16-15-23-10-5-3-6-11-23/h3-8,10-13,25H,9,14-20H2,1-2H3. The van der Waals surface area contributed by atoms with Gasteiger partial charge < -0.3 is 14.2 Å². The van der Waals surface area contributed by atoms with Gasteiger partial charge in [-0.3, -0.25) is 4.79 Å². The number of rotatable bonds is 10. The van der Waals surface area contributed by atoms with E-state index in [4.69, 9.17) is 9.72 Å². The fourth-order valence-corrected chi connectivity index (χ4v) is 5.17. The van der Waals surface area contributed by atoms with Crippen LogP contribution in [-0.4, -0.2) is 45.4 Å². The van der Waals surface area contributed by atoms with Gasteiger partial charge in [0.2, 0.25) is 5.91 Å². The van der Waals surface area contributed by atoms with Crippen molar-refractivity contribution in [2.24, 2.45) is 0 Å². The van der Waals surface area contributed by atoms with E-state index in [1.54, 1.807) is 0 Å². The van der Waals surface area contributed by atoms with E-state index in [9.17, 15) is 4.79 Å². The second kappa shape index (κ2) is 11.5. The summed E-state index contributed by atoms with van der Waals surface area (Å²) < 4.78 is 8.08. The maximum Gasteiger partial charge on any atom is 0.233 e. The first-order valence-electron chi connectivity index (χ1n) is 11.7. The summed E-state index contributed by atoms with van der Waals surface area (Å²) in [5, 5.41) is 0.913. The highest BCUT2D eigenvalue weighted by Gasteiger charge is 2.22. The molecule has 0 bridgehead atoms. The number of hydrogen-bond acceptors (Lipinski definition) is 4. The van der Waals surface area contributed by atoms with Gasteiger partial charge >= 0.3 is 0 Å². The highest BCUT2D eigenvalue weighted by molar-refractivity contribution is 7.99. The molecule has 0 saturated carbocycles. The molecule has 1 atom stereocenters. The van der Waals surface area contributed by atoms with Crippen LogP contribution < -0.4 is 0 Å². The summed E-state index contributed by atoms with van der Waals surface area (Å²) in [5.74, 6) is 0.519. The summed E-state index contributed by atoms with van der Waals surface area (Å²) in [4.78, 5) is 20.1. The van der Waals surface area contributed by atoms with Gasteiger partial charge in [-0.15, -0.1) is 0 Å². The molecule has 1 amide bonds. The van der Waals surface area contributed by atoms with Gasteiger partial charge in [0.15, 0.2) is 5.16 Å². The Kier molecular flexibility index (Phi) is 8.24. The highest BCUT2D eigenvalue weighted by Crippen LogP contribution is 2.25. The van der Waals surface area contributed by atoms with Crippen LogP contribution in [0.2, 0.25) is 0 Å². The van der Waals surface area contributed by atoms with Gasteiger partial charge in [-0.05, 0) is 44.2 Å². The minimum Gasteiger partial charge on any atom is -0.376 e. The van der Waals surface area contributed by atoms with E-state index >= 15 is 0 Å². The van der Waals surface area contributed by atoms with E-state index < -0.39 is 0 Å². The molecule has 6 heteroatoms. The van der Waals surface area contributed by atoms with Crippen molar-refractivity contribution < 1.29 is 9.53 Å². The number of imidazole rings is 1. The van der Waals surface area contributed by atoms with E-state index in [-0.39, 0.29) is 12.0 Å². The fraction of sp³-hybridized carbons (Fsp3) is 0.407. The Morgan fingerprint density at radius 2 is 1.79 bits per heavy atom. The molecule has 174 valence electrons. The monoisotopic (exact) mass is 463 g/mol. The quantitative estimate of drug-likeness (QED) is 0.395. The molecule has 2 aromatic carbocycles. The van der Waals surface area contributed by atoms with Gasteiger partial charge in [-0.1, -0.05) is 72.4 Å². The Hall–Kier alpha value is -2.57. The first-order valence-corrected chi connectivity index (χ1v) is 12.7. The fourth-order valence-electron chi connectivity index (χ4n) is 4.16. The average Bonchev–Trinajstić information content (AvgIpc) is 3.45. The SMILES string of the molecule is Cc1nc(SCC(=O)N(CCc2ccccc2)Cc2ccccc2)n(CC2CCCO2)c1C. The van der Waals surface area contributed by atoms with Gasteiger partial charge in [0.25, 0.3) is 0 Å². The lowest BCUT2D eigenvalue weighted by atomic mass is 10.1. The number of benzene rings is 2. The van der Waals surface area contributed by atoms with E-state index in [0.29, 0.717) is 18.8 Å². The third-order valence-corrected chi connectivity index (χ3v) is 7.20. The van der Waals surface area contributed by atoms with E-state index in [1.807, 2.05) is 48.2 Å². The molecule has 1 fully saturated rings. The number of carbonyl (C=O) groups is 1. The predicted octanol–water partition coefficient (Wildman–Crippen LogP) is 5.04. The molecule has 1 saturated heterocycles. The van der Waals surface area contributed by atoms with Crippen LogP contribution in [0.1, 0.15) is 35.4 Å². The topological polar surface area (TPSA) is 47.4 Å². The number of ether oxygens (including phenoxy) is 1. The van der Waals surface area contributed by atoms with Crippen LogP contribution in [0.25, 0.3) is 0 Å². The van der Waals surface area contributed by atoms with Crippen molar-refractivity contribution in [1.82, 2.24) is 14.5 Å². The second-order valence-electron chi connectivity index (χ2n) is 8.64. The molecule has 5 nitrogen and oxygen atoms in total. The average molecular weight is 464 g/mol. The molecular weight excluding hydrogens is 430 g/mol. The number of thioether (sulfide) groups is 1. The lowest BCUT2D eigenvalue weighted by Gasteiger charge is -2.23. The number of carbonyl (C=O) groups excluding carboxylic acids is 1. The van der Waals surface area contributed by atoms with Gasteiger partial charge in [-0.25, -0.2) is 4.98 Å². The second-order valence-corrected chi connectivity index (χ2v) is 9.58. The van der Waals surface area contributed by atoms with Crippen LogP contribution in [0.3, 0.4) is 0 Å². The smallest absolute Gasteiger partial charge is 0.233 e.